The summed E-state index contributed by atoms with van der Waals surface area (Å²) in [7, 11) is 0. The normalized spacial score (nSPS) is 19.8. The molecular weight excluding hydrogens is 472 g/mol. The maximum absolute atomic E-state index is 12.2. The van der Waals surface area contributed by atoms with E-state index in [2.05, 4.69) is 0 Å². The molecule has 0 spiro atoms. The van der Waals surface area contributed by atoms with Crippen LogP contribution in [0.15, 0.2) is 0 Å². The van der Waals surface area contributed by atoms with Crippen LogP contribution in [0.4, 0.5) is 0 Å². The molecule has 2 aliphatic rings. The van der Waals surface area contributed by atoms with Gasteiger partial charge in [-0.2, -0.15) is 0 Å². The van der Waals surface area contributed by atoms with E-state index in [0.29, 0.717) is 12.8 Å². The van der Waals surface area contributed by atoms with Crippen LogP contribution in [-0.2, 0) is 47.7 Å². The Balaban J connectivity index is 1.46. The van der Waals surface area contributed by atoms with Gasteiger partial charge in [0.25, 0.3) is 11.6 Å². The van der Waals surface area contributed by atoms with E-state index in [0.717, 1.165) is 51.4 Å². The number of ether oxygens (including phenoxy) is 4. The predicted octanol–water partition coefficient (Wildman–Crippen LogP) is 3.71. The molecule has 2 saturated heterocycles. The highest BCUT2D eigenvalue weighted by atomic mass is 16.8. The first-order chi connectivity index (χ1) is 16.8. The first-order valence-corrected chi connectivity index (χ1v) is 12.8. The minimum atomic E-state index is -1.47. The Kier molecular flexibility index (Phi) is 10.6. The maximum atomic E-state index is 12.2. The van der Waals surface area contributed by atoms with E-state index in [1.54, 1.807) is 0 Å². The van der Waals surface area contributed by atoms with E-state index in [9.17, 15) is 28.8 Å². The molecule has 0 aromatic heterocycles. The molecule has 10 heteroatoms. The van der Waals surface area contributed by atoms with E-state index in [4.69, 9.17) is 18.9 Å². The van der Waals surface area contributed by atoms with Crippen molar-refractivity contribution in [3.8, 4) is 0 Å². The van der Waals surface area contributed by atoms with Gasteiger partial charge in [0, 0.05) is 40.5 Å². The summed E-state index contributed by atoms with van der Waals surface area (Å²) in [5, 5.41) is 0. The second kappa shape index (κ2) is 13.0. The Labute approximate surface area is 211 Å². The molecule has 2 heterocycles. The Morgan fingerprint density at radius 3 is 0.972 bits per heavy atom. The SMILES string of the molecule is CC1(C)OC(=O)C(C(=O)CCCCCCCCCCCCC(=O)C2C(=O)OC(C)(C)OC2=O)C(=O)O1. The van der Waals surface area contributed by atoms with E-state index < -0.39 is 58.9 Å². The average Bonchev–Trinajstić information content (AvgIpc) is 2.71. The number of Topliss-reactive ketones (excluding diaryl/α,β-unsaturated/α-hetero) is 2. The van der Waals surface area contributed by atoms with E-state index in [-0.39, 0.29) is 12.8 Å². The molecule has 0 bridgehead atoms. The molecule has 202 valence electrons. The van der Waals surface area contributed by atoms with E-state index >= 15 is 0 Å². The lowest BCUT2D eigenvalue weighted by Gasteiger charge is -2.32. The van der Waals surface area contributed by atoms with Gasteiger partial charge < -0.3 is 18.9 Å². The van der Waals surface area contributed by atoms with E-state index in [1.165, 1.54) is 27.7 Å². The van der Waals surface area contributed by atoms with Crippen molar-refractivity contribution in [1.29, 1.82) is 0 Å². The van der Waals surface area contributed by atoms with Crippen molar-refractivity contribution in [2.75, 3.05) is 0 Å². The Morgan fingerprint density at radius 2 is 0.722 bits per heavy atom. The standard InChI is InChI=1S/C26H38O10/c1-25(2)33-21(29)19(22(30)34-25)17(27)15-13-11-9-7-5-6-8-10-12-14-16-18(28)20-23(31)35-26(3,4)36-24(20)32/h19-20H,5-16H2,1-4H3. The zero-order chi connectivity index (χ0) is 26.9. The monoisotopic (exact) mass is 510 g/mol. The minimum absolute atomic E-state index is 0.141. The van der Waals surface area contributed by atoms with Gasteiger partial charge in [-0.1, -0.05) is 51.4 Å². The zero-order valence-electron chi connectivity index (χ0n) is 21.7. The summed E-state index contributed by atoms with van der Waals surface area (Å²) >= 11 is 0. The fraction of sp³-hybridized carbons (Fsp3) is 0.769. The van der Waals surface area contributed by atoms with Crippen molar-refractivity contribution < 1.29 is 47.7 Å². The van der Waals surface area contributed by atoms with Crippen molar-refractivity contribution in [3.05, 3.63) is 0 Å². The van der Waals surface area contributed by atoms with Gasteiger partial charge in [-0.3, -0.25) is 28.8 Å². The smallest absolute Gasteiger partial charge is 0.331 e. The van der Waals surface area contributed by atoms with Crippen molar-refractivity contribution in [1.82, 2.24) is 0 Å². The number of ketones is 2. The highest BCUT2D eigenvalue weighted by molar-refractivity contribution is 6.16. The third kappa shape index (κ3) is 9.02. The number of hydrogen-bond donors (Lipinski definition) is 0. The summed E-state index contributed by atoms with van der Waals surface area (Å²) in [6, 6.07) is 0. The molecule has 0 saturated carbocycles. The number of esters is 4. The highest BCUT2D eigenvalue weighted by Gasteiger charge is 2.47. The second-order valence-corrected chi connectivity index (χ2v) is 10.3. The summed E-state index contributed by atoms with van der Waals surface area (Å²) in [6.45, 7) is 5.78. The lowest BCUT2D eigenvalue weighted by Crippen LogP contribution is -2.49. The van der Waals surface area contributed by atoms with Crippen molar-refractivity contribution in [3.63, 3.8) is 0 Å². The summed E-state index contributed by atoms with van der Waals surface area (Å²) in [6.07, 6.45) is 9.23. The van der Waals surface area contributed by atoms with Crippen LogP contribution in [0.3, 0.4) is 0 Å². The summed E-state index contributed by atoms with van der Waals surface area (Å²) < 4.78 is 19.9. The van der Waals surface area contributed by atoms with Crippen LogP contribution in [0.2, 0.25) is 0 Å². The largest absolute Gasteiger partial charge is 0.422 e. The fourth-order valence-corrected chi connectivity index (χ4v) is 4.27. The van der Waals surface area contributed by atoms with Crippen LogP contribution in [0.1, 0.15) is 105 Å². The fourth-order valence-electron chi connectivity index (χ4n) is 4.27. The molecule has 0 aromatic carbocycles. The minimum Gasteiger partial charge on any atom is -0.422 e. The third-order valence-electron chi connectivity index (χ3n) is 6.07. The van der Waals surface area contributed by atoms with Gasteiger partial charge in [-0.15, -0.1) is 0 Å². The van der Waals surface area contributed by atoms with Gasteiger partial charge in [0.05, 0.1) is 0 Å². The lowest BCUT2D eigenvalue weighted by molar-refractivity contribution is -0.240. The molecule has 10 nitrogen and oxygen atoms in total. The lowest BCUT2D eigenvalue weighted by atomic mass is 9.97. The molecule has 2 fully saturated rings. The van der Waals surface area contributed by atoms with E-state index in [1.807, 2.05) is 0 Å². The number of cyclic esters (lactones) is 4. The van der Waals surface area contributed by atoms with Crippen molar-refractivity contribution >= 4 is 35.4 Å². The first kappa shape index (κ1) is 29.5. The zero-order valence-corrected chi connectivity index (χ0v) is 21.7. The highest BCUT2D eigenvalue weighted by Crippen LogP contribution is 2.26. The van der Waals surface area contributed by atoms with Crippen LogP contribution < -0.4 is 0 Å². The molecule has 0 aromatic rings. The molecule has 36 heavy (non-hydrogen) atoms. The van der Waals surface area contributed by atoms with Gasteiger partial charge in [-0.25, -0.2) is 0 Å². The van der Waals surface area contributed by atoms with Crippen LogP contribution >= 0.6 is 0 Å². The second-order valence-electron chi connectivity index (χ2n) is 10.3. The molecule has 0 N–H and O–H groups in total. The molecule has 0 aliphatic carbocycles. The molecule has 0 amide bonds. The Morgan fingerprint density at radius 1 is 0.500 bits per heavy atom. The van der Waals surface area contributed by atoms with Crippen molar-refractivity contribution in [2.45, 2.75) is 116 Å². The maximum Gasteiger partial charge on any atom is 0.331 e. The molecule has 2 rings (SSSR count). The molecule has 0 atom stereocenters. The molecular formula is C26H38O10. The summed E-state index contributed by atoms with van der Waals surface area (Å²) in [5.74, 6) is -9.87. The predicted molar refractivity (Wildman–Crippen MR) is 125 cm³/mol. The van der Waals surface area contributed by atoms with Crippen molar-refractivity contribution in [2.24, 2.45) is 11.8 Å². The number of carbonyl (C=O) groups excluding carboxylic acids is 6. The van der Waals surface area contributed by atoms with Crippen LogP contribution in [-0.4, -0.2) is 47.0 Å². The van der Waals surface area contributed by atoms with Gasteiger partial charge in [-0.05, 0) is 12.8 Å². The molecule has 0 unspecified atom stereocenters. The molecule has 0 radical (unpaired) electrons. The topological polar surface area (TPSA) is 139 Å². The first-order valence-electron chi connectivity index (χ1n) is 12.8. The quantitative estimate of drug-likeness (QED) is 0.182. The average molecular weight is 511 g/mol. The molecule has 2 aliphatic heterocycles. The van der Waals surface area contributed by atoms with Crippen LogP contribution in [0, 0.1) is 11.8 Å². The van der Waals surface area contributed by atoms with Crippen LogP contribution in [0.25, 0.3) is 0 Å². The Bertz CT molecular complexity index is 747. The Hall–Kier alpha value is -2.78. The van der Waals surface area contributed by atoms with Crippen LogP contribution in [0.5, 0.6) is 0 Å². The summed E-state index contributed by atoms with van der Waals surface area (Å²) in [4.78, 5) is 72.1. The van der Waals surface area contributed by atoms with Gasteiger partial charge >= 0.3 is 23.9 Å². The third-order valence-corrected chi connectivity index (χ3v) is 6.07. The van der Waals surface area contributed by atoms with Gasteiger partial charge in [0.1, 0.15) is 0 Å². The number of hydrogen-bond acceptors (Lipinski definition) is 10. The summed E-state index contributed by atoms with van der Waals surface area (Å²) in [5.41, 5.74) is 0. The number of unbranched alkanes of at least 4 members (excludes halogenated alkanes) is 9. The number of rotatable bonds is 15. The van der Waals surface area contributed by atoms with Gasteiger partial charge in [0.15, 0.2) is 11.6 Å². The van der Waals surface area contributed by atoms with Gasteiger partial charge in [0.2, 0.25) is 11.8 Å². The number of carbonyl (C=O) groups is 6.